The number of fused-ring (bicyclic) bond motifs is 4. The Hall–Kier alpha value is -1.43. The van der Waals surface area contributed by atoms with Gasteiger partial charge in [0, 0.05) is 43.6 Å². The number of benzene rings is 1. The van der Waals surface area contributed by atoms with Crippen LogP contribution in [0, 0.1) is 11.8 Å². The summed E-state index contributed by atoms with van der Waals surface area (Å²) in [6.07, 6.45) is 9.43. The number of methoxy groups -OCH3 is 1. The van der Waals surface area contributed by atoms with Gasteiger partial charge in [0.15, 0.2) is 0 Å². The van der Waals surface area contributed by atoms with Crippen LogP contribution in [0.3, 0.4) is 0 Å². The Morgan fingerprint density at radius 1 is 1.14 bits per heavy atom. The van der Waals surface area contributed by atoms with Crippen LogP contribution in [0.25, 0.3) is 0 Å². The maximum Gasteiger partial charge on any atom is 0.248 e. The lowest BCUT2D eigenvalue weighted by atomic mass is 9.62. The van der Waals surface area contributed by atoms with Gasteiger partial charge in [0.05, 0.1) is 12.2 Å². The standard InChI is InChI=1S/C23H32N2O3/c1-27-23(16-5-2-4-15(10-16)22(24)26)17-6-3-7-18(23)14-25(13-17)19-11-20-8-9-21(12-19)28-20/h2,4-5,10,17-21H,3,6-9,11-14H2,1H3,(H2,24,26)/t17-,18+,19-,20+,21-,23?. The molecule has 2 N–H and O–H groups in total. The number of piperidine rings is 1. The quantitative estimate of drug-likeness (QED) is 0.866. The lowest BCUT2D eigenvalue weighted by Gasteiger charge is -2.57. The number of primary amides is 1. The molecule has 0 spiro atoms. The third-order valence-electron chi connectivity index (χ3n) is 7.95. The highest BCUT2D eigenvalue weighted by Gasteiger charge is 2.54. The number of hydrogen-bond donors (Lipinski definition) is 1. The fraction of sp³-hybridized carbons (Fsp3) is 0.696. The largest absolute Gasteiger partial charge is 0.375 e. The fourth-order valence-corrected chi connectivity index (χ4v) is 6.73. The van der Waals surface area contributed by atoms with Gasteiger partial charge in [-0.1, -0.05) is 18.6 Å². The summed E-state index contributed by atoms with van der Waals surface area (Å²) in [5.74, 6) is 0.538. The van der Waals surface area contributed by atoms with Crippen LogP contribution in [-0.2, 0) is 15.1 Å². The third kappa shape index (κ3) is 2.90. The molecule has 1 saturated carbocycles. The molecule has 0 radical (unpaired) electrons. The number of rotatable bonds is 4. The predicted molar refractivity (Wildman–Crippen MR) is 107 cm³/mol. The lowest BCUT2D eigenvalue weighted by Crippen LogP contribution is -2.61. The first kappa shape index (κ1) is 18.6. The van der Waals surface area contributed by atoms with Crippen LogP contribution < -0.4 is 5.73 Å². The van der Waals surface area contributed by atoms with Crippen molar-refractivity contribution >= 4 is 5.91 Å². The number of ether oxygens (including phenoxy) is 2. The Morgan fingerprint density at radius 3 is 2.43 bits per heavy atom. The van der Waals surface area contributed by atoms with Gasteiger partial charge >= 0.3 is 0 Å². The minimum atomic E-state index is -0.367. The highest BCUT2D eigenvalue weighted by atomic mass is 16.5. The smallest absolute Gasteiger partial charge is 0.248 e. The summed E-state index contributed by atoms with van der Waals surface area (Å²) in [6, 6.07) is 8.51. The average molecular weight is 385 g/mol. The highest BCUT2D eigenvalue weighted by molar-refractivity contribution is 5.92. The molecule has 5 rings (SSSR count). The molecule has 4 fully saturated rings. The zero-order valence-electron chi connectivity index (χ0n) is 16.8. The van der Waals surface area contributed by atoms with Crippen LogP contribution >= 0.6 is 0 Å². The maximum atomic E-state index is 11.8. The molecule has 4 bridgehead atoms. The van der Waals surface area contributed by atoms with Crippen LogP contribution in [0.1, 0.15) is 60.9 Å². The van der Waals surface area contributed by atoms with Crippen LogP contribution in [0.4, 0.5) is 0 Å². The number of hydrogen-bond acceptors (Lipinski definition) is 4. The minimum absolute atomic E-state index is 0.301. The molecular weight excluding hydrogens is 352 g/mol. The number of carbonyl (C=O) groups excluding carboxylic acids is 1. The molecule has 28 heavy (non-hydrogen) atoms. The van der Waals surface area contributed by atoms with Crippen molar-refractivity contribution in [2.24, 2.45) is 17.6 Å². The van der Waals surface area contributed by atoms with Crippen LogP contribution in [-0.4, -0.2) is 49.3 Å². The van der Waals surface area contributed by atoms with E-state index in [2.05, 4.69) is 11.0 Å². The van der Waals surface area contributed by atoms with Crippen molar-refractivity contribution in [3.63, 3.8) is 0 Å². The average Bonchev–Trinajstić information content (AvgIpc) is 3.04. The van der Waals surface area contributed by atoms with Crippen LogP contribution in [0.2, 0.25) is 0 Å². The lowest BCUT2D eigenvalue weighted by molar-refractivity contribution is -0.180. The molecule has 1 aliphatic carbocycles. The Kier molecular flexibility index (Phi) is 4.73. The van der Waals surface area contributed by atoms with Crippen molar-refractivity contribution in [3.05, 3.63) is 35.4 Å². The van der Waals surface area contributed by atoms with Gasteiger partial charge in [-0.2, -0.15) is 0 Å². The Balaban J connectivity index is 1.44. The van der Waals surface area contributed by atoms with E-state index in [0.717, 1.165) is 18.7 Å². The molecule has 6 atom stereocenters. The number of nitrogens with two attached hydrogens (primary N) is 1. The van der Waals surface area contributed by atoms with Crippen molar-refractivity contribution in [1.29, 1.82) is 0 Å². The molecule has 3 saturated heterocycles. The fourth-order valence-electron chi connectivity index (χ4n) is 6.73. The first-order chi connectivity index (χ1) is 13.6. The highest BCUT2D eigenvalue weighted by Crippen LogP contribution is 2.52. The molecule has 3 heterocycles. The van der Waals surface area contributed by atoms with Crippen molar-refractivity contribution in [1.82, 2.24) is 4.90 Å². The molecule has 152 valence electrons. The Bertz CT molecular complexity index is 725. The molecule has 1 amide bonds. The Morgan fingerprint density at radius 2 is 1.82 bits per heavy atom. The Labute approximate surface area is 167 Å². The summed E-state index contributed by atoms with van der Waals surface area (Å²) >= 11 is 0. The second-order valence-electron chi connectivity index (χ2n) is 9.30. The molecule has 1 unspecified atom stereocenters. The van der Waals surface area contributed by atoms with E-state index in [9.17, 15) is 4.79 Å². The van der Waals surface area contributed by atoms with Crippen molar-refractivity contribution < 1.29 is 14.3 Å². The molecule has 4 aliphatic rings. The number of amides is 1. The number of carbonyl (C=O) groups is 1. The molecule has 5 heteroatoms. The van der Waals surface area contributed by atoms with Crippen molar-refractivity contribution in [3.8, 4) is 0 Å². The predicted octanol–water partition coefficient (Wildman–Crippen LogP) is 3.07. The zero-order chi connectivity index (χ0) is 19.3. The second kappa shape index (κ2) is 7.12. The summed E-state index contributed by atoms with van der Waals surface area (Å²) in [4.78, 5) is 14.5. The van der Waals surface area contributed by atoms with E-state index >= 15 is 0 Å². The third-order valence-corrected chi connectivity index (χ3v) is 7.95. The molecule has 1 aromatic rings. The zero-order valence-corrected chi connectivity index (χ0v) is 16.8. The van der Waals surface area contributed by atoms with E-state index in [1.54, 1.807) is 6.07 Å². The van der Waals surface area contributed by atoms with E-state index in [1.807, 2.05) is 19.2 Å². The number of likely N-dealkylation sites (tertiary alicyclic amines) is 1. The van der Waals surface area contributed by atoms with E-state index in [0.29, 0.717) is 35.6 Å². The van der Waals surface area contributed by atoms with Gasteiger partial charge in [-0.05, 0) is 56.2 Å². The van der Waals surface area contributed by atoms with Crippen molar-refractivity contribution in [2.45, 2.75) is 68.8 Å². The maximum absolute atomic E-state index is 11.8. The van der Waals surface area contributed by atoms with Crippen LogP contribution in [0.5, 0.6) is 0 Å². The van der Waals surface area contributed by atoms with Gasteiger partial charge in [-0.15, -0.1) is 0 Å². The molecule has 5 nitrogen and oxygen atoms in total. The first-order valence-corrected chi connectivity index (χ1v) is 10.9. The van der Waals surface area contributed by atoms with Gasteiger partial charge in [-0.3, -0.25) is 9.69 Å². The van der Waals surface area contributed by atoms with Gasteiger partial charge < -0.3 is 15.2 Å². The monoisotopic (exact) mass is 384 g/mol. The second-order valence-corrected chi connectivity index (χ2v) is 9.30. The summed E-state index contributed by atoms with van der Waals surface area (Å²) in [6.45, 7) is 2.16. The summed E-state index contributed by atoms with van der Waals surface area (Å²) in [7, 11) is 1.85. The normalized spacial score (nSPS) is 40.4. The van der Waals surface area contributed by atoms with Gasteiger partial charge in [0.25, 0.3) is 0 Å². The van der Waals surface area contributed by atoms with E-state index in [-0.39, 0.29) is 11.5 Å². The van der Waals surface area contributed by atoms with Crippen LogP contribution in [0.15, 0.2) is 24.3 Å². The van der Waals surface area contributed by atoms with Gasteiger partial charge in [0.1, 0.15) is 5.60 Å². The summed E-state index contributed by atoms with van der Waals surface area (Å²) < 4.78 is 12.4. The topological polar surface area (TPSA) is 64.8 Å². The SMILES string of the molecule is COC1(c2cccc(C(N)=O)c2)[C@@H]2CCC[C@H]1CN([C@H]1C[C@H]3CC[C@@H](C1)O3)C2. The molecular formula is C23H32N2O3. The van der Waals surface area contributed by atoms with E-state index in [4.69, 9.17) is 15.2 Å². The van der Waals surface area contributed by atoms with Gasteiger partial charge in [-0.25, -0.2) is 0 Å². The number of nitrogens with zero attached hydrogens (tertiary/aromatic N) is 1. The van der Waals surface area contributed by atoms with Crippen molar-refractivity contribution in [2.75, 3.05) is 20.2 Å². The van der Waals surface area contributed by atoms with Gasteiger partial charge in [0.2, 0.25) is 5.91 Å². The van der Waals surface area contributed by atoms with E-state index in [1.165, 1.54) is 44.9 Å². The summed E-state index contributed by atoms with van der Waals surface area (Å²) in [5, 5.41) is 0. The summed E-state index contributed by atoms with van der Waals surface area (Å²) in [5.41, 5.74) is 6.97. The first-order valence-electron chi connectivity index (χ1n) is 10.9. The minimum Gasteiger partial charge on any atom is -0.375 e. The molecule has 3 aliphatic heterocycles. The van der Waals surface area contributed by atoms with E-state index < -0.39 is 0 Å². The molecule has 1 aromatic carbocycles. The molecule has 0 aromatic heterocycles.